The molecule has 0 N–H and O–H groups in total. The number of rotatable bonds is 4. The fraction of sp³-hybridized carbons (Fsp3) is 0.176. The Morgan fingerprint density at radius 2 is 1.96 bits per heavy atom. The molecule has 4 aromatic rings. The maximum atomic E-state index is 5.87. The van der Waals surface area contributed by atoms with Gasteiger partial charge in [0.05, 0.1) is 23.1 Å². The van der Waals surface area contributed by atoms with Crippen LogP contribution in [0.4, 0.5) is 0 Å². The van der Waals surface area contributed by atoms with Gasteiger partial charge in [-0.05, 0) is 26.0 Å². The molecule has 0 radical (unpaired) electrons. The lowest BCUT2D eigenvalue weighted by molar-refractivity contribution is 0.293. The number of fused-ring (bicyclic) bond motifs is 1. The molecule has 0 fully saturated rings. The van der Waals surface area contributed by atoms with E-state index in [-0.39, 0.29) is 0 Å². The Morgan fingerprint density at radius 3 is 2.71 bits per heavy atom. The Hall–Kier alpha value is -3.22. The Balaban J connectivity index is 1.69. The maximum Gasteiger partial charge on any atom is 0.228 e. The van der Waals surface area contributed by atoms with Crippen LogP contribution < -0.4 is 4.74 Å². The molecular weight excluding hydrogens is 306 g/mol. The van der Waals surface area contributed by atoms with E-state index in [2.05, 4.69) is 20.2 Å². The highest BCUT2D eigenvalue weighted by Crippen LogP contribution is 2.24. The van der Waals surface area contributed by atoms with Gasteiger partial charge in [-0.15, -0.1) is 0 Å². The fourth-order valence-corrected chi connectivity index (χ4v) is 2.54. The van der Waals surface area contributed by atoms with E-state index in [4.69, 9.17) is 9.26 Å². The minimum atomic E-state index is 0.337. The molecule has 7 nitrogen and oxygen atoms in total. The first kappa shape index (κ1) is 14.4. The van der Waals surface area contributed by atoms with Crippen molar-refractivity contribution in [3.8, 4) is 11.6 Å². The normalized spacial score (nSPS) is 11.1. The van der Waals surface area contributed by atoms with E-state index in [1.165, 1.54) is 6.33 Å². The number of hydrogen-bond donors (Lipinski definition) is 0. The van der Waals surface area contributed by atoms with Gasteiger partial charge in [-0.25, -0.2) is 14.6 Å². The Kier molecular flexibility index (Phi) is 3.45. The lowest BCUT2D eigenvalue weighted by Crippen LogP contribution is -2.01. The summed E-state index contributed by atoms with van der Waals surface area (Å²) < 4.78 is 12.8. The molecule has 0 bridgehead atoms. The Morgan fingerprint density at radius 1 is 1.12 bits per heavy atom. The molecule has 0 saturated heterocycles. The van der Waals surface area contributed by atoms with Crippen molar-refractivity contribution in [1.82, 2.24) is 24.9 Å². The van der Waals surface area contributed by atoms with Gasteiger partial charge in [-0.2, -0.15) is 5.10 Å². The van der Waals surface area contributed by atoms with Crippen molar-refractivity contribution in [2.75, 3.05) is 0 Å². The van der Waals surface area contributed by atoms with Crippen LogP contribution in [0, 0.1) is 13.8 Å². The molecule has 0 aliphatic heterocycles. The number of ether oxygens (including phenoxy) is 1. The molecule has 24 heavy (non-hydrogen) atoms. The van der Waals surface area contributed by atoms with E-state index in [1.54, 1.807) is 10.9 Å². The molecule has 0 atom stereocenters. The Labute approximate surface area is 137 Å². The average Bonchev–Trinajstić information content (AvgIpc) is 3.18. The maximum absolute atomic E-state index is 5.87. The lowest BCUT2D eigenvalue weighted by atomic mass is 10.2. The largest absolute Gasteiger partial charge is 0.472 e. The topological polar surface area (TPSA) is 78.9 Å². The van der Waals surface area contributed by atoms with E-state index < -0.39 is 0 Å². The zero-order valence-corrected chi connectivity index (χ0v) is 13.3. The molecule has 4 rings (SSSR count). The van der Waals surface area contributed by atoms with Crippen molar-refractivity contribution in [3.05, 3.63) is 59.9 Å². The monoisotopic (exact) mass is 321 g/mol. The third-order valence-electron chi connectivity index (χ3n) is 3.86. The summed E-state index contributed by atoms with van der Waals surface area (Å²) in [5.74, 6) is 1.24. The van der Waals surface area contributed by atoms with Crippen molar-refractivity contribution in [2.45, 2.75) is 20.5 Å². The van der Waals surface area contributed by atoms with Crippen LogP contribution in [-0.2, 0) is 6.61 Å². The molecule has 0 spiro atoms. The number of hydrogen-bond acceptors (Lipinski definition) is 6. The van der Waals surface area contributed by atoms with E-state index in [1.807, 2.05) is 44.2 Å². The molecule has 0 unspecified atom stereocenters. The number of para-hydroxylation sites is 1. The summed E-state index contributed by atoms with van der Waals surface area (Å²) in [6, 6.07) is 9.82. The highest BCUT2D eigenvalue weighted by atomic mass is 16.5. The molecule has 0 aliphatic carbocycles. The molecule has 120 valence electrons. The highest BCUT2D eigenvalue weighted by molar-refractivity contribution is 5.81. The predicted octanol–water partition coefficient (Wildman–Crippen LogP) is 3.00. The van der Waals surface area contributed by atoms with Crippen LogP contribution in [0.25, 0.3) is 16.7 Å². The van der Waals surface area contributed by atoms with Gasteiger partial charge in [0.15, 0.2) is 5.65 Å². The predicted molar refractivity (Wildman–Crippen MR) is 87.0 cm³/mol. The summed E-state index contributed by atoms with van der Waals surface area (Å²) >= 11 is 0. The van der Waals surface area contributed by atoms with Gasteiger partial charge in [0.1, 0.15) is 24.1 Å². The van der Waals surface area contributed by atoms with Crippen LogP contribution in [0.3, 0.4) is 0 Å². The minimum Gasteiger partial charge on any atom is -0.472 e. The molecular formula is C17H15N5O2. The summed E-state index contributed by atoms with van der Waals surface area (Å²) in [6.45, 7) is 4.09. The van der Waals surface area contributed by atoms with E-state index >= 15 is 0 Å². The van der Waals surface area contributed by atoms with Crippen LogP contribution in [0.1, 0.15) is 17.0 Å². The van der Waals surface area contributed by atoms with Crippen LogP contribution in [-0.4, -0.2) is 24.9 Å². The van der Waals surface area contributed by atoms with Gasteiger partial charge < -0.3 is 9.26 Å². The van der Waals surface area contributed by atoms with Crippen molar-refractivity contribution >= 4 is 11.0 Å². The van der Waals surface area contributed by atoms with Crippen LogP contribution in [0.2, 0.25) is 0 Å². The molecule has 3 aromatic heterocycles. The summed E-state index contributed by atoms with van der Waals surface area (Å²) in [6.07, 6.45) is 3.19. The van der Waals surface area contributed by atoms with Gasteiger partial charge >= 0.3 is 0 Å². The molecule has 1 aromatic carbocycles. The zero-order valence-electron chi connectivity index (χ0n) is 13.3. The molecule has 7 heteroatoms. The Bertz CT molecular complexity index is 971. The van der Waals surface area contributed by atoms with Crippen molar-refractivity contribution in [2.24, 2.45) is 0 Å². The summed E-state index contributed by atoms with van der Waals surface area (Å²) in [5.41, 5.74) is 3.38. The average molecular weight is 321 g/mol. The molecule has 0 aliphatic rings. The first-order chi connectivity index (χ1) is 11.7. The number of aromatic nitrogens is 5. The third-order valence-corrected chi connectivity index (χ3v) is 3.86. The van der Waals surface area contributed by atoms with E-state index in [0.717, 1.165) is 28.1 Å². The van der Waals surface area contributed by atoms with Crippen molar-refractivity contribution < 1.29 is 9.26 Å². The smallest absolute Gasteiger partial charge is 0.228 e. The first-order valence-electron chi connectivity index (χ1n) is 7.53. The molecule has 0 amide bonds. The minimum absolute atomic E-state index is 0.337. The zero-order chi connectivity index (χ0) is 16.5. The summed E-state index contributed by atoms with van der Waals surface area (Å²) in [5, 5.41) is 9.10. The molecule has 3 heterocycles. The second-order valence-electron chi connectivity index (χ2n) is 5.40. The first-order valence-corrected chi connectivity index (χ1v) is 7.53. The van der Waals surface area contributed by atoms with Gasteiger partial charge in [-0.3, -0.25) is 0 Å². The molecule has 0 saturated carbocycles. The lowest BCUT2D eigenvalue weighted by Gasteiger charge is -2.06. The van der Waals surface area contributed by atoms with E-state index in [9.17, 15) is 0 Å². The van der Waals surface area contributed by atoms with E-state index in [0.29, 0.717) is 18.1 Å². The number of aryl methyl sites for hydroxylation is 2. The number of benzene rings is 1. The quantitative estimate of drug-likeness (QED) is 0.575. The third kappa shape index (κ3) is 2.40. The fourth-order valence-electron chi connectivity index (χ4n) is 2.54. The van der Waals surface area contributed by atoms with Gasteiger partial charge in [-0.1, -0.05) is 23.4 Å². The standard InChI is InChI=1S/C17H15N5O2/c1-11-15(12(2)24-21-11)9-23-17-14-8-20-22(16(14)18-10-19-17)13-6-4-3-5-7-13/h3-8,10H,9H2,1-2H3. The van der Waals surface area contributed by atoms with Crippen LogP contribution in [0.15, 0.2) is 47.4 Å². The van der Waals surface area contributed by atoms with Crippen molar-refractivity contribution in [3.63, 3.8) is 0 Å². The van der Waals surface area contributed by atoms with Crippen LogP contribution >= 0.6 is 0 Å². The second-order valence-corrected chi connectivity index (χ2v) is 5.40. The SMILES string of the molecule is Cc1noc(C)c1COc1ncnc2c1cnn2-c1ccccc1. The van der Waals surface area contributed by atoms with Crippen molar-refractivity contribution in [1.29, 1.82) is 0 Å². The highest BCUT2D eigenvalue weighted by Gasteiger charge is 2.14. The van der Waals surface area contributed by atoms with Gasteiger partial charge in [0, 0.05) is 0 Å². The summed E-state index contributed by atoms with van der Waals surface area (Å²) in [4.78, 5) is 8.57. The van der Waals surface area contributed by atoms with Gasteiger partial charge in [0.25, 0.3) is 0 Å². The van der Waals surface area contributed by atoms with Gasteiger partial charge in [0.2, 0.25) is 5.88 Å². The second kappa shape index (κ2) is 5.77. The van der Waals surface area contributed by atoms with Crippen LogP contribution in [0.5, 0.6) is 5.88 Å². The summed E-state index contributed by atoms with van der Waals surface area (Å²) in [7, 11) is 0. The number of nitrogens with zero attached hydrogens (tertiary/aromatic N) is 5.